The van der Waals surface area contributed by atoms with Crippen LogP contribution in [0.3, 0.4) is 0 Å². The van der Waals surface area contributed by atoms with Crippen molar-refractivity contribution in [3.8, 4) is 5.75 Å². The smallest absolute Gasteiger partial charge is 0.228 e. The summed E-state index contributed by atoms with van der Waals surface area (Å²) >= 11 is 0. The fourth-order valence-electron chi connectivity index (χ4n) is 3.14. The van der Waals surface area contributed by atoms with Crippen LogP contribution in [0.15, 0.2) is 72.8 Å². The number of methoxy groups -OCH3 is 1. The standard InChI is InChI=1S/C24H26N2O2/c1-18-6-5-7-19(16-18)17-24(27)26-22-12-10-21(11-13-22)25-15-14-20-8-3-4-9-23(20)28-2/h3-13,16,25H,14-15,17H2,1-2H3,(H,26,27). The first-order chi connectivity index (χ1) is 13.6. The highest BCUT2D eigenvalue weighted by molar-refractivity contribution is 5.92. The molecule has 0 radical (unpaired) electrons. The maximum atomic E-state index is 12.2. The Morgan fingerprint density at radius 3 is 2.43 bits per heavy atom. The van der Waals surface area contributed by atoms with Crippen LogP contribution in [0.5, 0.6) is 5.75 Å². The lowest BCUT2D eigenvalue weighted by molar-refractivity contribution is -0.115. The molecule has 1 amide bonds. The molecule has 28 heavy (non-hydrogen) atoms. The Kier molecular flexibility index (Phi) is 6.68. The number of nitrogens with one attached hydrogen (secondary N) is 2. The quantitative estimate of drug-likeness (QED) is 0.593. The van der Waals surface area contributed by atoms with E-state index in [-0.39, 0.29) is 5.91 Å². The van der Waals surface area contributed by atoms with Gasteiger partial charge < -0.3 is 15.4 Å². The van der Waals surface area contributed by atoms with Crippen molar-refractivity contribution in [3.05, 3.63) is 89.5 Å². The number of ether oxygens (including phenoxy) is 1. The average Bonchev–Trinajstić information content (AvgIpc) is 2.69. The van der Waals surface area contributed by atoms with Crippen molar-refractivity contribution in [2.45, 2.75) is 19.8 Å². The molecule has 0 spiro atoms. The molecule has 4 nitrogen and oxygen atoms in total. The summed E-state index contributed by atoms with van der Waals surface area (Å²) in [5, 5.41) is 6.35. The van der Waals surface area contributed by atoms with Crippen molar-refractivity contribution < 1.29 is 9.53 Å². The number of para-hydroxylation sites is 1. The number of carbonyl (C=O) groups is 1. The molecule has 0 aliphatic heterocycles. The summed E-state index contributed by atoms with van der Waals surface area (Å²) < 4.78 is 5.38. The van der Waals surface area contributed by atoms with Crippen molar-refractivity contribution in [2.75, 3.05) is 24.3 Å². The summed E-state index contributed by atoms with van der Waals surface area (Å²) in [6, 6.07) is 23.8. The molecular weight excluding hydrogens is 348 g/mol. The Hall–Kier alpha value is -3.27. The second-order valence-electron chi connectivity index (χ2n) is 6.78. The first-order valence-corrected chi connectivity index (χ1v) is 9.45. The first kappa shape index (κ1) is 19.5. The molecule has 4 heteroatoms. The van der Waals surface area contributed by atoms with E-state index < -0.39 is 0 Å². The van der Waals surface area contributed by atoms with Gasteiger partial charge in [0.2, 0.25) is 5.91 Å². The lowest BCUT2D eigenvalue weighted by Gasteiger charge is -2.11. The van der Waals surface area contributed by atoms with Crippen LogP contribution in [0, 0.1) is 6.92 Å². The first-order valence-electron chi connectivity index (χ1n) is 9.45. The molecule has 0 bridgehead atoms. The normalized spacial score (nSPS) is 10.4. The van der Waals surface area contributed by atoms with Crippen LogP contribution in [-0.4, -0.2) is 19.6 Å². The van der Waals surface area contributed by atoms with Crippen LogP contribution in [0.25, 0.3) is 0 Å². The maximum Gasteiger partial charge on any atom is 0.228 e. The van der Waals surface area contributed by atoms with Gasteiger partial charge in [0, 0.05) is 17.9 Å². The molecule has 144 valence electrons. The van der Waals surface area contributed by atoms with E-state index >= 15 is 0 Å². The third-order valence-corrected chi connectivity index (χ3v) is 4.53. The lowest BCUT2D eigenvalue weighted by Crippen LogP contribution is -2.14. The second-order valence-corrected chi connectivity index (χ2v) is 6.78. The van der Waals surface area contributed by atoms with E-state index in [0.717, 1.165) is 41.2 Å². The van der Waals surface area contributed by atoms with Crippen molar-refractivity contribution in [2.24, 2.45) is 0 Å². The zero-order valence-corrected chi connectivity index (χ0v) is 16.4. The van der Waals surface area contributed by atoms with Crippen LogP contribution in [0.1, 0.15) is 16.7 Å². The molecule has 0 unspecified atom stereocenters. The van der Waals surface area contributed by atoms with E-state index in [9.17, 15) is 4.79 Å². The fourth-order valence-corrected chi connectivity index (χ4v) is 3.14. The minimum absolute atomic E-state index is 0.0116. The molecule has 3 rings (SSSR count). The number of amides is 1. The van der Waals surface area contributed by atoms with Gasteiger partial charge in [0.1, 0.15) is 5.75 Å². The summed E-state index contributed by atoms with van der Waals surface area (Å²) in [5.74, 6) is 0.901. The highest BCUT2D eigenvalue weighted by Gasteiger charge is 2.05. The molecule has 0 saturated heterocycles. The molecule has 0 aromatic heterocycles. The van der Waals surface area contributed by atoms with Crippen molar-refractivity contribution in [1.29, 1.82) is 0 Å². The van der Waals surface area contributed by atoms with Crippen LogP contribution in [-0.2, 0) is 17.6 Å². The molecule has 0 aliphatic rings. The van der Waals surface area contributed by atoms with Gasteiger partial charge in [-0.15, -0.1) is 0 Å². The molecule has 0 heterocycles. The number of hydrogen-bond acceptors (Lipinski definition) is 3. The number of benzene rings is 3. The van der Waals surface area contributed by atoms with Gasteiger partial charge in [0.15, 0.2) is 0 Å². The topological polar surface area (TPSA) is 50.4 Å². The summed E-state index contributed by atoms with van der Waals surface area (Å²) in [5.41, 5.74) is 5.18. The zero-order valence-electron chi connectivity index (χ0n) is 16.4. The van der Waals surface area contributed by atoms with E-state index in [0.29, 0.717) is 6.42 Å². The third-order valence-electron chi connectivity index (χ3n) is 4.53. The highest BCUT2D eigenvalue weighted by Crippen LogP contribution is 2.19. The maximum absolute atomic E-state index is 12.2. The number of aryl methyl sites for hydroxylation is 1. The fraction of sp³-hybridized carbons (Fsp3) is 0.208. The SMILES string of the molecule is COc1ccccc1CCNc1ccc(NC(=O)Cc2cccc(C)c2)cc1. The van der Waals surface area contributed by atoms with Gasteiger partial charge in [-0.3, -0.25) is 4.79 Å². The Balaban J connectivity index is 1.48. The third kappa shape index (κ3) is 5.61. The average molecular weight is 374 g/mol. The Labute approximate surface area is 166 Å². The van der Waals surface area contributed by atoms with Gasteiger partial charge in [0.25, 0.3) is 0 Å². The molecule has 2 N–H and O–H groups in total. The minimum Gasteiger partial charge on any atom is -0.496 e. The molecule has 3 aromatic carbocycles. The summed E-state index contributed by atoms with van der Waals surface area (Å²) in [6.07, 6.45) is 1.25. The van der Waals surface area contributed by atoms with Crippen LogP contribution in [0.2, 0.25) is 0 Å². The van der Waals surface area contributed by atoms with Crippen LogP contribution < -0.4 is 15.4 Å². The largest absolute Gasteiger partial charge is 0.496 e. The van der Waals surface area contributed by atoms with Gasteiger partial charge in [-0.25, -0.2) is 0 Å². The van der Waals surface area contributed by atoms with E-state index in [1.54, 1.807) is 7.11 Å². The van der Waals surface area contributed by atoms with Gasteiger partial charge in [0.05, 0.1) is 13.5 Å². The summed E-state index contributed by atoms with van der Waals surface area (Å²) in [6.45, 7) is 2.83. The Morgan fingerprint density at radius 2 is 1.68 bits per heavy atom. The number of carbonyl (C=O) groups excluding carboxylic acids is 1. The van der Waals surface area contributed by atoms with Crippen LogP contribution in [0.4, 0.5) is 11.4 Å². The molecule has 3 aromatic rings. The van der Waals surface area contributed by atoms with Crippen molar-refractivity contribution in [1.82, 2.24) is 0 Å². The zero-order chi connectivity index (χ0) is 19.8. The van der Waals surface area contributed by atoms with Gasteiger partial charge >= 0.3 is 0 Å². The van der Waals surface area contributed by atoms with E-state index in [1.807, 2.05) is 73.7 Å². The van der Waals surface area contributed by atoms with Crippen molar-refractivity contribution in [3.63, 3.8) is 0 Å². The number of anilines is 2. The van der Waals surface area contributed by atoms with E-state index in [4.69, 9.17) is 4.74 Å². The lowest BCUT2D eigenvalue weighted by atomic mass is 10.1. The minimum atomic E-state index is -0.0116. The molecule has 0 saturated carbocycles. The Morgan fingerprint density at radius 1 is 0.929 bits per heavy atom. The molecule has 0 aliphatic carbocycles. The predicted molar refractivity (Wildman–Crippen MR) is 115 cm³/mol. The molecule has 0 atom stereocenters. The number of hydrogen-bond donors (Lipinski definition) is 2. The number of rotatable bonds is 8. The van der Waals surface area contributed by atoms with Gasteiger partial charge in [-0.2, -0.15) is 0 Å². The second kappa shape index (κ2) is 9.60. The molecule has 0 fully saturated rings. The Bertz CT molecular complexity index is 920. The predicted octanol–water partition coefficient (Wildman–Crippen LogP) is 4.84. The van der Waals surface area contributed by atoms with Crippen molar-refractivity contribution >= 4 is 17.3 Å². The summed E-state index contributed by atoms with van der Waals surface area (Å²) in [7, 11) is 1.69. The van der Waals surface area contributed by atoms with Gasteiger partial charge in [-0.05, 0) is 54.8 Å². The highest BCUT2D eigenvalue weighted by atomic mass is 16.5. The van der Waals surface area contributed by atoms with Gasteiger partial charge in [-0.1, -0.05) is 48.0 Å². The van der Waals surface area contributed by atoms with E-state index in [2.05, 4.69) is 16.7 Å². The van der Waals surface area contributed by atoms with E-state index in [1.165, 1.54) is 5.56 Å². The summed E-state index contributed by atoms with van der Waals surface area (Å²) in [4.78, 5) is 12.2. The monoisotopic (exact) mass is 374 g/mol. The molecular formula is C24H26N2O2. The van der Waals surface area contributed by atoms with Crippen LogP contribution >= 0.6 is 0 Å².